The Kier molecular flexibility index (Phi) is 9.70. The maximum atomic E-state index is 12.1. The highest BCUT2D eigenvalue weighted by atomic mass is 32.2. The van der Waals surface area contributed by atoms with Gasteiger partial charge in [0.05, 0.1) is 29.3 Å². The average Bonchev–Trinajstić information content (AvgIpc) is 3.20. The van der Waals surface area contributed by atoms with E-state index in [2.05, 4.69) is 23.6 Å². The van der Waals surface area contributed by atoms with Crippen LogP contribution >= 0.6 is 0 Å². The SMILES string of the molecule is CCCCCS(=O)(=O)CCCCCOCc1cccc(-n2c(-c3ccc(O)cc3)c(C)c3cc(O)ccc32)c1. The third-order valence-electron chi connectivity index (χ3n) is 7.09. The largest absolute Gasteiger partial charge is 0.508 e. The molecule has 0 unspecified atom stereocenters. The van der Waals surface area contributed by atoms with Gasteiger partial charge in [-0.15, -0.1) is 0 Å². The summed E-state index contributed by atoms with van der Waals surface area (Å²) in [5.74, 6) is 1.00. The zero-order valence-corrected chi connectivity index (χ0v) is 23.7. The first-order valence-corrected chi connectivity index (χ1v) is 15.6. The van der Waals surface area contributed by atoms with Crippen molar-refractivity contribution >= 4 is 20.7 Å². The number of rotatable bonds is 14. The fourth-order valence-electron chi connectivity index (χ4n) is 5.02. The molecule has 0 radical (unpaired) electrons. The molecule has 0 saturated carbocycles. The zero-order valence-electron chi connectivity index (χ0n) is 22.9. The fourth-order valence-corrected chi connectivity index (χ4v) is 6.51. The van der Waals surface area contributed by atoms with E-state index in [-0.39, 0.29) is 17.3 Å². The lowest BCUT2D eigenvalue weighted by Gasteiger charge is -2.14. The summed E-state index contributed by atoms with van der Waals surface area (Å²) in [4.78, 5) is 0. The van der Waals surface area contributed by atoms with Gasteiger partial charge in [0.2, 0.25) is 0 Å². The zero-order chi connectivity index (χ0) is 27.8. The van der Waals surface area contributed by atoms with E-state index in [9.17, 15) is 18.6 Å². The number of nitrogens with zero attached hydrogens (tertiary/aromatic N) is 1. The third kappa shape index (κ3) is 7.43. The minimum absolute atomic E-state index is 0.212. The van der Waals surface area contributed by atoms with Crippen LogP contribution in [-0.4, -0.2) is 41.3 Å². The van der Waals surface area contributed by atoms with Gasteiger partial charge in [-0.2, -0.15) is 0 Å². The van der Waals surface area contributed by atoms with Crippen molar-refractivity contribution in [3.63, 3.8) is 0 Å². The van der Waals surface area contributed by atoms with Gasteiger partial charge in [0, 0.05) is 17.7 Å². The van der Waals surface area contributed by atoms with Crippen molar-refractivity contribution in [1.82, 2.24) is 4.57 Å². The van der Waals surface area contributed by atoms with E-state index in [4.69, 9.17) is 4.74 Å². The summed E-state index contributed by atoms with van der Waals surface area (Å²) in [6.45, 7) is 5.18. The normalized spacial score (nSPS) is 11.8. The van der Waals surface area contributed by atoms with Gasteiger partial charge in [-0.3, -0.25) is 0 Å². The number of sulfone groups is 1. The molecule has 7 heteroatoms. The molecule has 0 aliphatic rings. The molecule has 1 heterocycles. The minimum Gasteiger partial charge on any atom is -0.508 e. The summed E-state index contributed by atoms with van der Waals surface area (Å²) in [7, 11) is -2.93. The van der Waals surface area contributed by atoms with Gasteiger partial charge in [-0.1, -0.05) is 38.3 Å². The second-order valence-electron chi connectivity index (χ2n) is 10.2. The molecule has 0 aliphatic heterocycles. The Balaban J connectivity index is 1.43. The van der Waals surface area contributed by atoms with Crippen LogP contribution in [0.2, 0.25) is 0 Å². The Morgan fingerprint density at radius 1 is 0.821 bits per heavy atom. The summed E-state index contributed by atoms with van der Waals surface area (Å²) in [5, 5.41) is 20.9. The van der Waals surface area contributed by atoms with Crippen LogP contribution in [0.5, 0.6) is 11.5 Å². The summed E-state index contributed by atoms with van der Waals surface area (Å²) < 4.78 is 32.3. The number of aromatic nitrogens is 1. The second-order valence-corrected chi connectivity index (χ2v) is 12.5. The van der Waals surface area contributed by atoms with Crippen molar-refractivity contribution in [2.75, 3.05) is 18.1 Å². The Morgan fingerprint density at radius 2 is 1.54 bits per heavy atom. The van der Waals surface area contributed by atoms with Crippen LogP contribution < -0.4 is 0 Å². The van der Waals surface area contributed by atoms with E-state index in [1.54, 1.807) is 24.3 Å². The first-order chi connectivity index (χ1) is 18.8. The van der Waals surface area contributed by atoms with Crippen LogP contribution in [0.25, 0.3) is 27.8 Å². The Hall–Kier alpha value is -3.29. The highest BCUT2D eigenvalue weighted by Gasteiger charge is 2.18. The number of aromatic hydroxyl groups is 2. The Morgan fingerprint density at radius 3 is 2.28 bits per heavy atom. The molecule has 0 amide bonds. The fraction of sp³-hybridized carbons (Fsp3) is 0.375. The molecule has 0 fully saturated rings. The van der Waals surface area contributed by atoms with Crippen LogP contribution in [0.4, 0.5) is 0 Å². The molecular weight excluding hydrogens is 510 g/mol. The topological polar surface area (TPSA) is 88.8 Å². The third-order valence-corrected chi connectivity index (χ3v) is 8.91. The smallest absolute Gasteiger partial charge is 0.150 e. The molecule has 0 aliphatic carbocycles. The molecule has 0 spiro atoms. The number of hydrogen-bond acceptors (Lipinski definition) is 5. The van der Waals surface area contributed by atoms with Gasteiger partial charge in [0.15, 0.2) is 0 Å². The average molecular weight is 550 g/mol. The lowest BCUT2D eigenvalue weighted by atomic mass is 10.1. The predicted octanol–water partition coefficient (Wildman–Crippen LogP) is 7.31. The van der Waals surface area contributed by atoms with Crippen molar-refractivity contribution < 1.29 is 23.4 Å². The maximum Gasteiger partial charge on any atom is 0.150 e. The summed E-state index contributed by atoms with van der Waals surface area (Å²) in [6, 6.07) is 20.8. The summed E-state index contributed by atoms with van der Waals surface area (Å²) in [5.41, 5.74) is 6.02. The molecule has 4 rings (SSSR count). The molecule has 2 N–H and O–H groups in total. The molecule has 1 aromatic heterocycles. The Labute approximate surface area is 231 Å². The van der Waals surface area contributed by atoms with E-state index in [1.165, 1.54) is 0 Å². The van der Waals surface area contributed by atoms with Crippen molar-refractivity contribution in [3.8, 4) is 28.4 Å². The molecule has 0 saturated heterocycles. The van der Waals surface area contributed by atoms with Gasteiger partial charge in [0.1, 0.15) is 21.3 Å². The molecule has 3 aromatic carbocycles. The van der Waals surface area contributed by atoms with Crippen molar-refractivity contribution in [1.29, 1.82) is 0 Å². The number of hydrogen-bond donors (Lipinski definition) is 2. The van der Waals surface area contributed by atoms with E-state index < -0.39 is 9.84 Å². The highest BCUT2D eigenvalue weighted by Crippen LogP contribution is 2.38. The minimum atomic E-state index is -2.93. The van der Waals surface area contributed by atoms with Gasteiger partial charge in [-0.25, -0.2) is 8.42 Å². The summed E-state index contributed by atoms with van der Waals surface area (Å²) in [6.07, 6.45) is 5.11. The standard InChI is InChI=1S/C32H39NO5S/c1-3-4-7-19-39(36,37)20-8-5-6-18-38-23-25-10-9-11-27(21-25)33-31-17-16-29(35)22-30(31)24(2)32(33)26-12-14-28(34)15-13-26/h9-17,21-22,34-35H,3-8,18-20,23H2,1-2H3. The lowest BCUT2D eigenvalue weighted by Crippen LogP contribution is -2.11. The number of phenolic OH excluding ortho intramolecular Hbond substituents is 2. The molecule has 208 valence electrons. The van der Waals surface area contributed by atoms with Crippen LogP contribution in [0, 0.1) is 6.92 Å². The molecule has 0 atom stereocenters. The van der Waals surface area contributed by atoms with Crippen molar-refractivity contribution in [2.24, 2.45) is 0 Å². The van der Waals surface area contributed by atoms with Crippen LogP contribution in [0.15, 0.2) is 66.7 Å². The molecule has 4 aromatic rings. The first kappa shape index (κ1) is 28.7. The molecular formula is C32H39NO5S. The van der Waals surface area contributed by atoms with Crippen molar-refractivity contribution in [3.05, 3.63) is 77.9 Å². The van der Waals surface area contributed by atoms with Crippen LogP contribution in [0.1, 0.15) is 56.6 Å². The molecule has 0 bridgehead atoms. The predicted molar refractivity (Wildman–Crippen MR) is 158 cm³/mol. The first-order valence-electron chi connectivity index (χ1n) is 13.8. The van der Waals surface area contributed by atoms with Gasteiger partial charge >= 0.3 is 0 Å². The van der Waals surface area contributed by atoms with Crippen LogP contribution in [-0.2, 0) is 21.2 Å². The monoisotopic (exact) mass is 549 g/mol. The molecule has 6 nitrogen and oxygen atoms in total. The number of unbranched alkanes of at least 4 members (excludes halogenated alkanes) is 4. The highest BCUT2D eigenvalue weighted by molar-refractivity contribution is 7.91. The number of phenols is 2. The van der Waals surface area contributed by atoms with Gasteiger partial charge in [-0.05, 0) is 97.5 Å². The van der Waals surface area contributed by atoms with Crippen molar-refractivity contribution in [2.45, 2.75) is 59.0 Å². The number of fused-ring (bicyclic) bond motifs is 1. The Bertz CT molecular complexity index is 1490. The van der Waals surface area contributed by atoms with E-state index >= 15 is 0 Å². The number of aryl methyl sites for hydroxylation is 1. The van der Waals surface area contributed by atoms with Crippen LogP contribution in [0.3, 0.4) is 0 Å². The maximum absolute atomic E-state index is 12.1. The number of benzene rings is 3. The van der Waals surface area contributed by atoms with Gasteiger partial charge < -0.3 is 19.5 Å². The lowest BCUT2D eigenvalue weighted by molar-refractivity contribution is 0.117. The van der Waals surface area contributed by atoms with E-state index in [0.717, 1.165) is 71.1 Å². The number of ether oxygens (including phenoxy) is 1. The van der Waals surface area contributed by atoms with Gasteiger partial charge in [0.25, 0.3) is 0 Å². The summed E-state index contributed by atoms with van der Waals surface area (Å²) >= 11 is 0. The van der Waals surface area contributed by atoms with E-state index in [0.29, 0.717) is 25.4 Å². The second kappa shape index (κ2) is 13.2. The quantitative estimate of drug-likeness (QED) is 0.161. The molecule has 39 heavy (non-hydrogen) atoms. The van der Waals surface area contributed by atoms with E-state index in [1.807, 2.05) is 37.3 Å².